The molecular weight excluding hydrogens is 366 g/mol. The number of ether oxygens (including phenoxy) is 1. The fourth-order valence-corrected chi connectivity index (χ4v) is 3.75. The van der Waals surface area contributed by atoms with Crippen molar-refractivity contribution >= 4 is 11.7 Å². The largest absolute Gasteiger partial charge is 0.495 e. The Labute approximate surface area is 170 Å². The molecule has 7 heteroatoms. The summed E-state index contributed by atoms with van der Waals surface area (Å²) < 4.78 is 7.36. The van der Waals surface area contributed by atoms with Gasteiger partial charge in [-0.1, -0.05) is 31.0 Å². The summed E-state index contributed by atoms with van der Waals surface area (Å²) in [7, 11) is 1.58. The van der Waals surface area contributed by atoms with Crippen molar-refractivity contribution in [2.75, 3.05) is 12.4 Å². The van der Waals surface area contributed by atoms with Gasteiger partial charge in [-0.25, -0.2) is 4.79 Å². The third kappa shape index (κ3) is 4.39. The predicted octanol–water partition coefficient (Wildman–Crippen LogP) is 4.39. The fourth-order valence-electron chi connectivity index (χ4n) is 3.75. The van der Waals surface area contributed by atoms with Crippen LogP contribution in [0.25, 0.3) is 11.4 Å². The molecular formula is C22H25N5O2. The van der Waals surface area contributed by atoms with Crippen molar-refractivity contribution in [3.63, 3.8) is 0 Å². The van der Waals surface area contributed by atoms with Gasteiger partial charge in [0.25, 0.3) is 0 Å². The average Bonchev–Trinajstić information content (AvgIpc) is 3.43. The number of hydrogen-bond donors (Lipinski definition) is 2. The third-order valence-electron chi connectivity index (χ3n) is 5.17. The van der Waals surface area contributed by atoms with E-state index in [1.165, 1.54) is 12.8 Å². The Morgan fingerprint density at radius 3 is 2.72 bits per heavy atom. The van der Waals surface area contributed by atoms with E-state index in [1.807, 2.05) is 36.4 Å². The first kappa shape index (κ1) is 19.0. The minimum atomic E-state index is -0.302. The van der Waals surface area contributed by atoms with E-state index >= 15 is 0 Å². The summed E-state index contributed by atoms with van der Waals surface area (Å²) in [5.41, 5.74) is 3.34. The lowest BCUT2D eigenvalue weighted by Gasteiger charge is -2.13. The summed E-state index contributed by atoms with van der Waals surface area (Å²) in [4.78, 5) is 16.8. The maximum Gasteiger partial charge on any atom is 0.319 e. The fraction of sp³-hybridized carbons (Fsp3) is 0.318. The van der Waals surface area contributed by atoms with E-state index in [2.05, 4.69) is 20.3 Å². The number of methoxy groups -OCH3 is 1. The average molecular weight is 391 g/mol. The molecule has 1 fully saturated rings. The lowest BCUT2D eigenvalue weighted by molar-refractivity contribution is 0.251. The van der Waals surface area contributed by atoms with Crippen molar-refractivity contribution in [2.45, 2.75) is 38.3 Å². The van der Waals surface area contributed by atoms with E-state index in [-0.39, 0.29) is 6.03 Å². The standard InChI is InChI=1S/C22H25N5O2/c1-29-21-12-5-4-11-19(21)25-22(28)24-15-16-14-20(18-10-6-7-13-23-18)27(26-16)17-8-2-3-9-17/h4-7,10-14,17H,2-3,8-9,15H2,1H3,(H2,24,25,28). The third-order valence-corrected chi connectivity index (χ3v) is 5.17. The van der Waals surface area contributed by atoms with Gasteiger partial charge in [-0.05, 0) is 43.2 Å². The summed E-state index contributed by atoms with van der Waals surface area (Å²) in [5, 5.41) is 10.5. The molecule has 0 spiro atoms. The number of benzene rings is 1. The molecule has 3 aromatic rings. The summed E-state index contributed by atoms with van der Waals surface area (Å²) in [6.07, 6.45) is 6.49. The van der Waals surface area contributed by atoms with Crippen molar-refractivity contribution < 1.29 is 9.53 Å². The Hall–Kier alpha value is -3.35. The Morgan fingerprint density at radius 1 is 1.17 bits per heavy atom. The number of pyridine rings is 1. The summed E-state index contributed by atoms with van der Waals surface area (Å²) >= 11 is 0. The number of rotatable bonds is 6. The highest BCUT2D eigenvalue weighted by atomic mass is 16.5. The second kappa shape index (κ2) is 8.77. The molecule has 1 aliphatic rings. The molecule has 29 heavy (non-hydrogen) atoms. The molecule has 2 heterocycles. The lowest BCUT2D eigenvalue weighted by atomic mass is 10.2. The molecule has 1 saturated carbocycles. The number of carbonyl (C=O) groups excluding carboxylic acids is 1. The first-order valence-corrected chi connectivity index (χ1v) is 9.92. The molecule has 0 bridgehead atoms. The van der Waals surface area contributed by atoms with Crippen molar-refractivity contribution in [1.29, 1.82) is 0 Å². The zero-order chi connectivity index (χ0) is 20.1. The molecule has 7 nitrogen and oxygen atoms in total. The molecule has 0 saturated heterocycles. The molecule has 0 aliphatic heterocycles. The van der Waals surface area contributed by atoms with Crippen LogP contribution in [0.1, 0.15) is 37.4 Å². The van der Waals surface area contributed by atoms with Crippen LogP contribution in [0.2, 0.25) is 0 Å². The molecule has 0 atom stereocenters. The van der Waals surface area contributed by atoms with Gasteiger partial charge in [0.1, 0.15) is 5.75 Å². The number of nitrogens with one attached hydrogen (secondary N) is 2. The molecule has 0 radical (unpaired) electrons. The summed E-state index contributed by atoms with van der Waals surface area (Å²) in [6.45, 7) is 0.334. The molecule has 1 aliphatic carbocycles. The van der Waals surface area contributed by atoms with E-state index in [9.17, 15) is 4.79 Å². The van der Waals surface area contributed by atoms with Crippen LogP contribution in [-0.4, -0.2) is 27.9 Å². The lowest BCUT2D eigenvalue weighted by Crippen LogP contribution is -2.28. The highest BCUT2D eigenvalue weighted by Gasteiger charge is 2.22. The second-order valence-electron chi connectivity index (χ2n) is 7.13. The Morgan fingerprint density at radius 2 is 1.97 bits per heavy atom. The summed E-state index contributed by atoms with van der Waals surface area (Å²) in [6, 6.07) is 15.3. The first-order chi connectivity index (χ1) is 14.2. The smallest absolute Gasteiger partial charge is 0.319 e. The highest BCUT2D eigenvalue weighted by Crippen LogP contribution is 2.33. The van der Waals surface area contributed by atoms with E-state index in [0.29, 0.717) is 24.0 Å². The van der Waals surface area contributed by atoms with Gasteiger partial charge < -0.3 is 15.4 Å². The van der Waals surface area contributed by atoms with Crippen LogP contribution in [0, 0.1) is 0 Å². The number of carbonyl (C=O) groups is 1. The number of amides is 2. The van der Waals surface area contributed by atoms with Gasteiger partial charge in [0, 0.05) is 6.20 Å². The van der Waals surface area contributed by atoms with E-state index in [0.717, 1.165) is 29.9 Å². The second-order valence-corrected chi connectivity index (χ2v) is 7.13. The van der Waals surface area contributed by atoms with Gasteiger partial charge in [-0.3, -0.25) is 9.67 Å². The zero-order valence-electron chi connectivity index (χ0n) is 16.5. The Bertz CT molecular complexity index is 964. The van der Waals surface area contributed by atoms with Crippen LogP contribution in [0.5, 0.6) is 5.75 Å². The number of urea groups is 1. The van der Waals surface area contributed by atoms with Crippen molar-refractivity contribution in [3.8, 4) is 17.1 Å². The Kier molecular flexibility index (Phi) is 5.74. The van der Waals surface area contributed by atoms with Crippen LogP contribution in [0.15, 0.2) is 54.7 Å². The minimum absolute atomic E-state index is 0.302. The van der Waals surface area contributed by atoms with Crippen molar-refractivity contribution in [2.24, 2.45) is 0 Å². The van der Waals surface area contributed by atoms with Gasteiger partial charge in [0.2, 0.25) is 0 Å². The number of nitrogens with zero attached hydrogens (tertiary/aromatic N) is 3. The van der Waals surface area contributed by atoms with Crippen LogP contribution in [-0.2, 0) is 6.54 Å². The van der Waals surface area contributed by atoms with Gasteiger partial charge in [-0.15, -0.1) is 0 Å². The topological polar surface area (TPSA) is 81.1 Å². The van der Waals surface area contributed by atoms with E-state index in [1.54, 1.807) is 25.4 Å². The van der Waals surface area contributed by atoms with Gasteiger partial charge >= 0.3 is 6.03 Å². The normalized spacial score (nSPS) is 14.0. The van der Waals surface area contributed by atoms with Crippen LogP contribution in [0.3, 0.4) is 0 Å². The number of para-hydroxylation sites is 2. The Balaban J connectivity index is 1.48. The van der Waals surface area contributed by atoms with E-state index in [4.69, 9.17) is 9.84 Å². The molecule has 2 N–H and O–H groups in total. The van der Waals surface area contributed by atoms with Crippen LogP contribution < -0.4 is 15.4 Å². The monoisotopic (exact) mass is 391 g/mol. The molecule has 1 aromatic carbocycles. The number of anilines is 1. The molecule has 4 rings (SSSR count). The van der Waals surface area contributed by atoms with E-state index < -0.39 is 0 Å². The highest BCUT2D eigenvalue weighted by molar-refractivity contribution is 5.90. The van der Waals surface area contributed by atoms with Gasteiger partial charge in [0.05, 0.1) is 42.5 Å². The molecule has 0 unspecified atom stereocenters. The molecule has 150 valence electrons. The van der Waals surface area contributed by atoms with Crippen molar-refractivity contribution in [3.05, 3.63) is 60.4 Å². The predicted molar refractivity (Wildman–Crippen MR) is 112 cm³/mol. The zero-order valence-corrected chi connectivity index (χ0v) is 16.5. The minimum Gasteiger partial charge on any atom is -0.495 e. The van der Waals surface area contributed by atoms with Crippen LogP contribution in [0.4, 0.5) is 10.5 Å². The van der Waals surface area contributed by atoms with Crippen molar-refractivity contribution in [1.82, 2.24) is 20.1 Å². The number of hydrogen-bond acceptors (Lipinski definition) is 4. The van der Waals surface area contributed by atoms with Gasteiger partial charge in [0.15, 0.2) is 0 Å². The maximum atomic E-state index is 12.3. The first-order valence-electron chi connectivity index (χ1n) is 9.92. The maximum absolute atomic E-state index is 12.3. The van der Waals surface area contributed by atoms with Crippen LogP contribution >= 0.6 is 0 Å². The molecule has 2 amide bonds. The van der Waals surface area contributed by atoms with Gasteiger partial charge in [-0.2, -0.15) is 5.10 Å². The number of aromatic nitrogens is 3. The molecule has 2 aromatic heterocycles. The summed E-state index contributed by atoms with van der Waals surface area (Å²) in [5.74, 6) is 0.616. The SMILES string of the molecule is COc1ccccc1NC(=O)NCc1cc(-c2ccccn2)n(C2CCCC2)n1. The quantitative estimate of drug-likeness (QED) is 0.653.